The molecule has 0 saturated heterocycles. The zero-order valence-electron chi connectivity index (χ0n) is 14.0. The molecular weight excluding hydrogens is 385 g/mol. The Kier molecular flexibility index (Phi) is 7.06. The van der Waals surface area contributed by atoms with Crippen LogP contribution >= 0.6 is 11.6 Å². The average molecular weight is 401 g/mol. The van der Waals surface area contributed by atoms with Gasteiger partial charge in [0.1, 0.15) is 5.75 Å². The summed E-state index contributed by atoms with van der Waals surface area (Å²) in [6.45, 7) is -1.32. The number of rotatable bonds is 7. The van der Waals surface area contributed by atoms with E-state index in [0.29, 0.717) is 16.3 Å². The Hall–Kier alpha value is -2.74. The van der Waals surface area contributed by atoms with Crippen LogP contribution in [0.2, 0.25) is 5.02 Å². The molecule has 0 heterocycles. The van der Waals surface area contributed by atoms with Gasteiger partial charge >= 0.3 is 6.18 Å². The second-order valence-corrected chi connectivity index (χ2v) is 5.93. The third kappa shape index (κ3) is 7.57. The standard InChI is InChI=1S/C18H16ClF3N2O3/c19-13-6-4-12(5-7-13)17(26)23-9-8-16(25)24-14-2-1-3-15(10-14)27-11-18(20,21)22/h1-7,10H,8-9,11H2,(H,23,26)(H,24,25). The van der Waals surface area contributed by atoms with Gasteiger partial charge < -0.3 is 15.4 Å². The number of halogens is 4. The van der Waals surface area contributed by atoms with Crippen LogP contribution in [0.5, 0.6) is 5.75 Å². The predicted octanol–water partition coefficient (Wildman–Crippen LogP) is 4.04. The molecule has 0 aliphatic carbocycles. The Labute approximate surface area is 158 Å². The molecule has 2 aromatic carbocycles. The van der Waals surface area contributed by atoms with Crippen molar-refractivity contribution in [1.29, 1.82) is 0 Å². The highest BCUT2D eigenvalue weighted by Gasteiger charge is 2.28. The van der Waals surface area contributed by atoms with Crippen molar-refractivity contribution in [3.63, 3.8) is 0 Å². The smallest absolute Gasteiger partial charge is 0.422 e. The van der Waals surface area contributed by atoms with E-state index in [9.17, 15) is 22.8 Å². The molecule has 2 rings (SSSR count). The number of carbonyl (C=O) groups is 2. The van der Waals surface area contributed by atoms with Gasteiger partial charge in [-0.25, -0.2) is 0 Å². The lowest BCUT2D eigenvalue weighted by molar-refractivity contribution is -0.153. The number of ether oxygens (including phenoxy) is 1. The van der Waals surface area contributed by atoms with Gasteiger partial charge in [0.05, 0.1) is 0 Å². The fraction of sp³-hybridized carbons (Fsp3) is 0.222. The molecule has 2 aromatic rings. The molecule has 0 aliphatic rings. The lowest BCUT2D eigenvalue weighted by atomic mass is 10.2. The number of nitrogens with one attached hydrogen (secondary N) is 2. The van der Waals surface area contributed by atoms with Gasteiger partial charge in [0.15, 0.2) is 6.61 Å². The van der Waals surface area contributed by atoms with Crippen LogP contribution in [0.4, 0.5) is 18.9 Å². The molecule has 0 radical (unpaired) electrons. The van der Waals surface area contributed by atoms with E-state index >= 15 is 0 Å². The SMILES string of the molecule is O=C(CCNC(=O)c1ccc(Cl)cc1)Nc1cccc(OCC(F)(F)F)c1. The first kappa shape index (κ1) is 20.6. The Bertz CT molecular complexity index is 795. The minimum Gasteiger partial charge on any atom is -0.484 e. The highest BCUT2D eigenvalue weighted by Crippen LogP contribution is 2.21. The third-order valence-electron chi connectivity index (χ3n) is 3.26. The van der Waals surface area contributed by atoms with Crippen molar-refractivity contribution in [2.75, 3.05) is 18.5 Å². The van der Waals surface area contributed by atoms with Crippen molar-refractivity contribution in [3.05, 3.63) is 59.1 Å². The van der Waals surface area contributed by atoms with Crippen molar-refractivity contribution < 1.29 is 27.5 Å². The fourth-order valence-corrected chi connectivity index (χ4v) is 2.17. The first-order valence-electron chi connectivity index (χ1n) is 7.86. The molecule has 5 nitrogen and oxygen atoms in total. The second kappa shape index (κ2) is 9.27. The van der Waals surface area contributed by atoms with Gasteiger partial charge in [-0.05, 0) is 36.4 Å². The van der Waals surface area contributed by atoms with Crippen LogP contribution in [0.15, 0.2) is 48.5 Å². The van der Waals surface area contributed by atoms with Crippen LogP contribution in [0, 0.1) is 0 Å². The minimum absolute atomic E-state index is 0.00698. The number of carbonyl (C=O) groups excluding carboxylic acids is 2. The molecule has 0 aliphatic heterocycles. The topological polar surface area (TPSA) is 67.4 Å². The molecule has 0 bridgehead atoms. The van der Waals surface area contributed by atoms with E-state index in [1.807, 2.05) is 0 Å². The molecule has 2 N–H and O–H groups in total. The van der Waals surface area contributed by atoms with Crippen LogP contribution in [0.25, 0.3) is 0 Å². The number of anilines is 1. The number of alkyl halides is 3. The Morgan fingerprint density at radius 3 is 2.44 bits per heavy atom. The van der Waals surface area contributed by atoms with E-state index in [-0.39, 0.29) is 24.6 Å². The molecule has 9 heteroatoms. The molecule has 0 unspecified atom stereocenters. The van der Waals surface area contributed by atoms with Crippen molar-refractivity contribution in [2.45, 2.75) is 12.6 Å². The maximum atomic E-state index is 12.2. The van der Waals surface area contributed by atoms with Crippen LogP contribution in [-0.2, 0) is 4.79 Å². The van der Waals surface area contributed by atoms with Gasteiger partial charge in [-0.15, -0.1) is 0 Å². The molecule has 0 atom stereocenters. The summed E-state index contributed by atoms with van der Waals surface area (Å²) in [5, 5.41) is 5.63. The van der Waals surface area contributed by atoms with Gasteiger partial charge in [0.25, 0.3) is 5.91 Å². The van der Waals surface area contributed by atoms with Crippen LogP contribution in [0.3, 0.4) is 0 Å². The van der Waals surface area contributed by atoms with Crippen molar-refractivity contribution >= 4 is 29.1 Å². The quantitative estimate of drug-likeness (QED) is 0.737. The van der Waals surface area contributed by atoms with E-state index in [0.717, 1.165) is 0 Å². The monoisotopic (exact) mass is 400 g/mol. The highest BCUT2D eigenvalue weighted by molar-refractivity contribution is 6.30. The summed E-state index contributed by atoms with van der Waals surface area (Å²) < 4.78 is 41.1. The third-order valence-corrected chi connectivity index (χ3v) is 3.52. The number of benzene rings is 2. The summed E-state index contributed by atoms with van der Waals surface area (Å²) in [4.78, 5) is 23.8. The van der Waals surface area contributed by atoms with Crippen LogP contribution < -0.4 is 15.4 Å². The van der Waals surface area contributed by atoms with E-state index in [4.69, 9.17) is 11.6 Å². The first-order valence-corrected chi connectivity index (χ1v) is 8.24. The first-order chi connectivity index (χ1) is 12.7. The van der Waals surface area contributed by atoms with E-state index in [2.05, 4.69) is 15.4 Å². The normalized spacial score (nSPS) is 11.0. The van der Waals surface area contributed by atoms with Gasteiger partial charge in [-0.3, -0.25) is 9.59 Å². The van der Waals surface area contributed by atoms with E-state index in [1.54, 1.807) is 24.3 Å². The van der Waals surface area contributed by atoms with Gasteiger partial charge in [-0.1, -0.05) is 17.7 Å². The zero-order valence-corrected chi connectivity index (χ0v) is 14.7. The van der Waals surface area contributed by atoms with E-state index in [1.165, 1.54) is 24.3 Å². The summed E-state index contributed by atoms with van der Waals surface area (Å²) in [6.07, 6.45) is -4.45. The van der Waals surface area contributed by atoms with E-state index < -0.39 is 18.7 Å². The average Bonchev–Trinajstić information content (AvgIpc) is 2.60. The highest BCUT2D eigenvalue weighted by atomic mass is 35.5. The lowest BCUT2D eigenvalue weighted by Crippen LogP contribution is -2.27. The summed E-state index contributed by atoms with van der Waals surface area (Å²) in [5.41, 5.74) is 0.707. The molecular formula is C18H16ClF3N2O3. The lowest BCUT2D eigenvalue weighted by Gasteiger charge is -2.11. The molecule has 0 saturated carbocycles. The maximum Gasteiger partial charge on any atom is 0.422 e. The Morgan fingerprint density at radius 1 is 1.07 bits per heavy atom. The molecule has 2 amide bonds. The van der Waals surface area contributed by atoms with Crippen molar-refractivity contribution in [1.82, 2.24) is 5.32 Å². The Balaban J connectivity index is 1.78. The summed E-state index contributed by atoms with van der Waals surface area (Å²) in [6, 6.07) is 11.9. The minimum atomic E-state index is -4.44. The number of hydrogen-bond acceptors (Lipinski definition) is 3. The summed E-state index contributed by atoms with van der Waals surface area (Å²) in [5.74, 6) is -0.762. The second-order valence-electron chi connectivity index (χ2n) is 5.49. The van der Waals surface area contributed by atoms with Crippen LogP contribution in [-0.4, -0.2) is 31.1 Å². The summed E-state index contributed by atoms with van der Waals surface area (Å²) >= 11 is 5.74. The van der Waals surface area contributed by atoms with Gasteiger partial charge in [0.2, 0.25) is 5.91 Å². The number of hydrogen-bond donors (Lipinski definition) is 2. The molecule has 0 aromatic heterocycles. The molecule has 0 fully saturated rings. The van der Waals surface area contributed by atoms with Gasteiger partial charge in [0, 0.05) is 35.3 Å². The number of amides is 2. The molecule has 144 valence electrons. The fourth-order valence-electron chi connectivity index (χ4n) is 2.05. The summed E-state index contributed by atoms with van der Waals surface area (Å²) in [7, 11) is 0. The van der Waals surface area contributed by atoms with Crippen molar-refractivity contribution in [3.8, 4) is 5.75 Å². The molecule has 27 heavy (non-hydrogen) atoms. The maximum absolute atomic E-state index is 12.2. The molecule has 0 spiro atoms. The predicted molar refractivity (Wildman–Crippen MR) is 95.0 cm³/mol. The largest absolute Gasteiger partial charge is 0.484 e. The van der Waals surface area contributed by atoms with Crippen molar-refractivity contribution in [2.24, 2.45) is 0 Å². The van der Waals surface area contributed by atoms with Crippen LogP contribution in [0.1, 0.15) is 16.8 Å². The van der Waals surface area contributed by atoms with Gasteiger partial charge in [-0.2, -0.15) is 13.2 Å². The Morgan fingerprint density at radius 2 is 1.78 bits per heavy atom. The zero-order chi connectivity index (χ0) is 19.9.